The molecule has 0 bridgehead atoms. The highest BCUT2D eigenvalue weighted by molar-refractivity contribution is 7.89. The second kappa shape index (κ2) is 7.11. The zero-order chi connectivity index (χ0) is 17.9. The Bertz CT molecular complexity index is 847. The van der Waals surface area contributed by atoms with Crippen molar-refractivity contribution in [3.8, 4) is 0 Å². The van der Waals surface area contributed by atoms with Gasteiger partial charge in [-0.15, -0.1) is 0 Å². The third-order valence-electron chi connectivity index (χ3n) is 3.19. The number of hydrogen-bond acceptors (Lipinski definition) is 3. The summed E-state index contributed by atoms with van der Waals surface area (Å²) in [6.45, 7) is 5.18. The molecule has 0 heterocycles. The Morgan fingerprint density at radius 1 is 1.08 bits per heavy atom. The monoisotopic (exact) mass is 350 g/mol. The van der Waals surface area contributed by atoms with Crippen molar-refractivity contribution in [3.63, 3.8) is 0 Å². The molecule has 128 valence electrons. The number of benzene rings is 2. The minimum Gasteiger partial charge on any atom is -0.319 e. The van der Waals surface area contributed by atoms with Crippen molar-refractivity contribution in [1.82, 2.24) is 4.72 Å². The van der Waals surface area contributed by atoms with Crippen LogP contribution in [-0.2, 0) is 10.0 Å². The van der Waals surface area contributed by atoms with Gasteiger partial charge in [-0.25, -0.2) is 17.5 Å². The van der Waals surface area contributed by atoms with Crippen LogP contribution in [0.25, 0.3) is 0 Å². The van der Waals surface area contributed by atoms with Crippen molar-refractivity contribution in [2.24, 2.45) is 0 Å². The third kappa shape index (κ3) is 4.39. The summed E-state index contributed by atoms with van der Waals surface area (Å²) in [4.78, 5) is 12.2. The molecule has 2 rings (SSSR count). The van der Waals surface area contributed by atoms with Gasteiger partial charge in [0.25, 0.3) is 5.91 Å². The lowest BCUT2D eigenvalue weighted by atomic mass is 10.2. The number of hydrogen-bond donors (Lipinski definition) is 2. The first-order chi connectivity index (χ1) is 11.2. The molecule has 0 saturated carbocycles. The van der Waals surface area contributed by atoms with Crippen LogP contribution in [0.15, 0.2) is 47.4 Å². The normalized spacial score (nSPS) is 11.5. The lowest BCUT2D eigenvalue weighted by Crippen LogP contribution is -2.30. The maximum absolute atomic E-state index is 13.8. The zero-order valence-electron chi connectivity index (χ0n) is 13.6. The predicted octanol–water partition coefficient (Wildman–Crippen LogP) is 3.07. The molecule has 0 aromatic heterocycles. The number of amides is 1. The van der Waals surface area contributed by atoms with Crippen LogP contribution < -0.4 is 10.0 Å². The highest BCUT2D eigenvalue weighted by Gasteiger charge is 2.16. The Morgan fingerprint density at radius 2 is 1.71 bits per heavy atom. The topological polar surface area (TPSA) is 75.3 Å². The first-order valence-corrected chi connectivity index (χ1v) is 8.87. The van der Waals surface area contributed by atoms with Crippen molar-refractivity contribution < 1.29 is 17.6 Å². The van der Waals surface area contributed by atoms with E-state index in [0.29, 0.717) is 0 Å². The average Bonchev–Trinajstić information content (AvgIpc) is 2.49. The summed E-state index contributed by atoms with van der Waals surface area (Å²) >= 11 is 0. The van der Waals surface area contributed by atoms with Crippen molar-refractivity contribution >= 4 is 21.6 Å². The van der Waals surface area contributed by atoms with E-state index in [4.69, 9.17) is 0 Å². The SMILES string of the molecule is Cc1ccc(NC(=O)c2ccc(S(=O)(=O)NC(C)C)cc2)c(F)c1. The standard InChI is InChI=1S/C17H19FN2O3S/c1-11(2)20-24(22,23)14-7-5-13(6-8-14)17(21)19-16-9-4-12(3)10-15(16)18/h4-11,20H,1-3H3,(H,19,21). The lowest BCUT2D eigenvalue weighted by molar-refractivity contribution is 0.102. The van der Waals surface area contributed by atoms with Crippen LogP contribution >= 0.6 is 0 Å². The fourth-order valence-corrected chi connectivity index (χ4v) is 3.33. The van der Waals surface area contributed by atoms with E-state index in [2.05, 4.69) is 10.0 Å². The van der Waals surface area contributed by atoms with Crippen LogP contribution in [0.2, 0.25) is 0 Å². The molecule has 0 aliphatic rings. The van der Waals surface area contributed by atoms with E-state index < -0.39 is 21.7 Å². The molecule has 24 heavy (non-hydrogen) atoms. The van der Waals surface area contributed by atoms with E-state index in [9.17, 15) is 17.6 Å². The summed E-state index contributed by atoms with van der Waals surface area (Å²) < 4.78 is 40.3. The van der Waals surface area contributed by atoms with E-state index >= 15 is 0 Å². The van der Waals surface area contributed by atoms with Crippen LogP contribution in [-0.4, -0.2) is 20.4 Å². The number of anilines is 1. The Morgan fingerprint density at radius 3 is 2.25 bits per heavy atom. The number of carbonyl (C=O) groups is 1. The minimum atomic E-state index is -3.61. The van der Waals surface area contributed by atoms with Crippen molar-refractivity contribution in [3.05, 3.63) is 59.4 Å². The molecule has 0 radical (unpaired) electrons. The fraction of sp³-hybridized carbons (Fsp3) is 0.235. The van der Waals surface area contributed by atoms with Gasteiger partial charge in [0, 0.05) is 11.6 Å². The quantitative estimate of drug-likeness (QED) is 0.870. The van der Waals surface area contributed by atoms with Crippen molar-refractivity contribution in [2.75, 3.05) is 5.32 Å². The average molecular weight is 350 g/mol. The van der Waals surface area contributed by atoms with Crippen molar-refractivity contribution in [1.29, 1.82) is 0 Å². The number of aryl methyl sites for hydroxylation is 1. The Kier molecular flexibility index (Phi) is 5.36. The molecular formula is C17H19FN2O3S. The summed E-state index contributed by atoms with van der Waals surface area (Å²) in [6.07, 6.45) is 0. The van der Waals surface area contributed by atoms with Gasteiger partial charge >= 0.3 is 0 Å². The molecular weight excluding hydrogens is 331 g/mol. The Hall–Kier alpha value is -2.25. The van der Waals surface area contributed by atoms with Gasteiger partial charge in [-0.05, 0) is 62.7 Å². The fourth-order valence-electron chi connectivity index (χ4n) is 2.08. The van der Waals surface area contributed by atoms with Crippen molar-refractivity contribution in [2.45, 2.75) is 31.7 Å². The Balaban J connectivity index is 2.17. The molecule has 2 aromatic rings. The van der Waals surface area contributed by atoms with Crippen LogP contribution in [0.3, 0.4) is 0 Å². The number of halogens is 1. The summed E-state index contributed by atoms with van der Waals surface area (Å²) in [5.41, 5.74) is 1.06. The molecule has 0 spiro atoms. The van der Waals surface area contributed by atoms with E-state index in [0.717, 1.165) is 5.56 Å². The Labute approximate surface area is 141 Å². The molecule has 0 aliphatic heterocycles. The number of rotatable bonds is 5. The number of nitrogens with one attached hydrogen (secondary N) is 2. The van der Waals surface area contributed by atoms with Gasteiger partial charge in [-0.3, -0.25) is 4.79 Å². The van der Waals surface area contributed by atoms with Crippen LogP contribution in [0, 0.1) is 12.7 Å². The molecule has 0 fully saturated rings. The van der Waals surface area contributed by atoms with E-state index in [-0.39, 0.29) is 22.2 Å². The van der Waals surface area contributed by atoms with Gasteiger partial charge in [-0.1, -0.05) is 6.07 Å². The summed E-state index contributed by atoms with van der Waals surface area (Å²) in [7, 11) is -3.61. The maximum Gasteiger partial charge on any atom is 0.255 e. The first-order valence-electron chi connectivity index (χ1n) is 7.39. The molecule has 0 atom stereocenters. The highest BCUT2D eigenvalue weighted by atomic mass is 32.2. The second-order valence-corrected chi connectivity index (χ2v) is 7.45. The summed E-state index contributed by atoms with van der Waals surface area (Å²) in [5, 5.41) is 2.47. The van der Waals surface area contributed by atoms with Gasteiger partial charge in [0.1, 0.15) is 5.82 Å². The molecule has 1 amide bonds. The smallest absolute Gasteiger partial charge is 0.255 e. The highest BCUT2D eigenvalue weighted by Crippen LogP contribution is 2.17. The molecule has 5 nitrogen and oxygen atoms in total. The largest absolute Gasteiger partial charge is 0.319 e. The molecule has 2 N–H and O–H groups in total. The van der Waals surface area contributed by atoms with E-state index in [1.54, 1.807) is 26.8 Å². The van der Waals surface area contributed by atoms with Crippen LogP contribution in [0.4, 0.5) is 10.1 Å². The third-order valence-corrected chi connectivity index (χ3v) is 4.86. The van der Waals surface area contributed by atoms with Crippen LogP contribution in [0.1, 0.15) is 29.8 Å². The molecule has 2 aromatic carbocycles. The summed E-state index contributed by atoms with van der Waals surface area (Å²) in [6, 6.07) is 9.70. The van der Waals surface area contributed by atoms with Crippen LogP contribution in [0.5, 0.6) is 0 Å². The predicted molar refractivity (Wildman–Crippen MR) is 91.0 cm³/mol. The number of sulfonamides is 1. The first kappa shape index (κ1) is 18.1. The second-order valence-electron chi connectivity index (χ2n) is 5.74. The van der Waals surface area contributed by atoms with E-state index in [1.807, 2.05) is 0 Å². The zero-order valence-corrected chi connectivity index (χ0v) is 14.4. The van der Waals surface area contributed by atoms with Gasteiger partial charge in [0.2, 0.25) is 10.0 Å². The minimum absolute atomic E-state index is 0.0641. The maximum atomic E-state index is 13.8. The molecule has 0 aliphatic carbocycles. The van der Waals surface area contributed by atoms with E-state index in [1.165, 1.54) is 36.4 Å². The molecule has 0 unspecified atom stereocenters. The number of carbonyl (C=O) groups excluding carboxylic acids is 1. The van der Waals surface area contributed by atoms with Gasteiger partial charge in [-0.2, -0.15) is 0 Å². The lowest BCUT2D eigenvalue weighted by Gasteiger charge is -2.10. The van der Waals surface area contributed by atoms with Gasteiger partial charge in [0.05, 0.1) is 10.6 Å². The molecule has 0 saturated heterocycles. The van der Waals surface area contributed by atoms with Gasteiger partial charge in [0.15, 0.2) is 0 Å². The van der Waals surface area contributed by atoms with Gasteiger partial charge < -0.3 is 5.32 Å². The summed E-state index contributed by atoms with van der Waals surface area (Å²) in [5.74, 6) is -1.04. The molecule has 7 heteroatoms.